The fourth-order valence-electron chi connectivity index (χ4n) is 1.95. The molecule has 1 saturated heterocycles. The second-order valence-corrected chi connectivity index (χ2v) is 7.11. The quantitative estimate of drug-likeness (QED) is 0.804. The highest BCUT2D eigenvalue weighted by Crippen LogP contribution is 2.31. The highest BCUT2D eigenvalue weighted by Gasteiger charge is 2.26. The minimum Gasteiger partial charge on any atom is -0.399 e. The summed E-state index contributed by atoms with van der Waals surface area (Å²) in [4.78, 5) is 4.48. The highest BCUT2D eigenvalue weighted by molar-refractivity contribution is 7.89. The minimum absolute atomic E-state index is 0.0108. The van der Waals surface area contributed by atoms with Gasteiger partial charge in [-0.25, -0.2) is 13.4 Å². The van der Waals surface area contributed by atoms with E-state index in [-0.39, 0.29) is 14.9 Å². The first-order valence-corrected chi connectivity index (χ1v) is 8.24. The first-order valence-electron chi connectivity index (χ1n) is 6.00. The molecule has 0 radical (unpaired) electrons. The highest BCUT2D eigenvalue weighted by atomic mass is 35.5. The van der Waals surface area contributed by atoms with Gasteiger partial charge in [0, 0.05) is 31.9 Å². The van der Waals surface area contributed by atoms with Gasteiger partial charge in [-0.15, -0.1) is 4.83 Å². The Bertz CT molecular complexity index is 577. The van der Waals surface area contributed by atoms with E-state index < -0.39 is 10.0 Å². The molecule has 112 valence electrons. The number of hydrogen-bond donors (Lipinski definition) is 2. The van der Waals surface area contributed by atoms with Crippen molar-refractivity contribution in [2.24, 2.45) is 0 Å². The lowest BCUT2D eigenvalue weighted by Gasteiger charge is -2.32. The first kappa shape index (κ1) is 15.8. The average molecular weight is 339 g/mol. The van der Waals surface area contributed by atoms with Gasteiger partial charge in [-0.3, -0.25) is 0 Å². The number of halogens is 2. The molecule has 0 aliphatic carbocycles. The molecule has 6 nitrogen and oxygen atoms in total. The molecule has 20 heavy (non-hydrogen) atoms. The van der Waals surface area contributed by atoms with Crippen molar-refractivity contribution in [2.45, 2.75) is 4.90 Å². The van der Waals surface area contributed by atoms with E-state index in [0.29, 0.717) is 18.8 Å². The van der Waals surface area contributed by atoms with Crippen molar-refractivity contribution in [3.8, 4) is 0 Å². The van der Waals surface area contributed by atoms with Crippen LogP contribution in [0.2, 0.25) is 10.0 Å². The third-order valence-corrected chi connectivity index (χ3v) is 5.34. The maximum Gasteiger partial charge on any atom is 0.256 e. The van der Waals surface area contributed by atoms with Crippen LogP contribution in [0, 0.1) is 0 Å². The molecule has 1 aliphatic rings. The molecule has 3 N–H and O–H groups in total. The second-order valence-electron chi connectivity index (χ2n) is 4.70. The van der Waals surface area contributed by atoms with Crippen LogP contribution in [0.3, 0.4) is 0 Å². The van der Waals surface area contributed by atoms with E-state index in [1.165, 1.54) is 12.1 Å². The van der Waals surface area contributed by atoms with Crippen LogP contribution in [0.4, 0.5) is 5.69 Å². The smallest absolute Gasteiger partial charge is 0.256 e. The summed E-state index contributed by atoms with van der Waals surface area (Å²) in [7, 11) is -1.83. The molecular formula is C11H16Cl2N4O2S. The molecule has 0 saturated carbocycles. The van der Waals surface area contributed by atoms with Gasteiger partial charge >= 0.3 is 0 Å². The van der Waals surface area contributed by atoms with E-state index in [1.54, 1.807) is 5.01 Å². The van der Waals surface area contributed by atoms with Crippen molar-refractivity contribution in [1.29, 1.82) is 0 Å². The van der Waals surface area contributed by atoms with Crippen LogP contribution in [0.15, 0.2) is 17.0 Å². The maximum atomic E-state index is 12.4. The Hall–Kier alpha value is -0.570. The summed E-state index contributed by atoms with van der Waals surface area (Å²) in [6.45, 7) is 2.76. The lowest BCUT2D eigenvalue weighted by atomic mass is 10.3. The van der Waals surface area contributed by atoms with Crippen LogP contribution in [-0.2, 0) is 10.0 Å². The van der Waals surface area contributed by atoms with Gasteiger partial charge in [0.2, 0.25) is 0 Å². The van der Waals surface area contributed by atoms with E-state index in [0.717, 1.165) is 13.1 Å². The Kier molecular flexibility index (Phi) is 4.78. The Morgan fingerprint density at radius 1 is 1.15 bits per heavy atom. The van der Waals surface area contributed by atoms with Crippen molar-refractivity contribution in [2.75, 3.05) is 39.0 Å². The molecule has 2 rings (SSSR count). The van der Waals surface area contributed by atoms with Crippen LogP contribution in [0.1, 0.15) is 0 Å². The lowest BCUT2D eigenvalue weighted by molar-refractivity contribution is 0.135. The van der Waals surface area contributed by atoms with Gasteiger partial charge < -0.3 is 10.6 Å². The lowest BCUT2D eigenvalue weighted by Crippen LogP contribution is -2.52. The molecule has 1 aromatic carbocycles. The number of nitrogens with two attached hydrogens (primary N) is 1. The largest absolute Gasteiger partial charge is 0.399 e. The normalized spacial score (nSPS) is 18.4. The number of likely N-dealkylation sites (N-methyl/N-ethyl adjacent to an activating group) is 1. The summed E-state index contributed by atoms with van der Waals surface area (Å²) in [6, 6.07) is 2.73. The summed E-state index contributed by atoms with van der Waals surface area (Å²) in [5.41, 5.74) is 5.89. The number of sulfonamides is 1. The summed E-state index contributed by atoms with van der Waals surface area (Å²) in [5.74, 6) is 0. The van der Waals surface area contributed by atoms with Gasteiger partial charge in [-0.05, 0) is 19.2 Å². The van der Waals surface area contributed by atoms with Gasteiger partial charge in [-0.2, -0.15) is 0 Å². The molecule has 0 bridgehead atoms. The van der Waals surface area contributed by atoms with Gasteiger partial charge in [0.1, 0.15) is 4.90 Å². The van der Waals surface area contributed by atoms with Gasteiger partial charge in [0.05, 0.1) is 10.0 Å². The van der Waals surface area contributed by atoms with E-state index in [4.69, 9.17) is 28.9 Å². The van der Waals surface area contributed by atoms with Gasteiger partial charge in [-0.1, -0.05) is 23.2 Å². The Morgan fingerprint density at radius 3 is 2.15 bits per heavy atom. The molecule has 0 spiro atoms. The maximum absolute atomic E-state index is 12.4. The molecular weight excluding hydrogens is 323 g/mol. The number of hydrazine groups is 1. The van der Waals surface area contributed by atoms with Crippen molar-refractivity contribution < 1.29 is 8.42 Å². The summed E-state index contributed by atoms with van der Waals surface area (Å²) >= 11 is 11.9. The van der Waals surface area contributed by atoms with Crippen LogP contribution < -0.4 is 10.6 Å². The van der Waals surface area contributed by atoms with Gasteiger partial charge in [0.25, 0.3) is 10.0 Å². The first-order chi connectivity index (χ1) is 9.29. The SMILES string of the molecule is CN1CCN(NS(=O)(=O)c2c(Cl)cc(N)cc2Cl)CC1. The second kappa shape index (κ2) is 6.05. The van der Waals surface area contributed by atoms with Crippen molar-refractivity contribution >= 4 is 38.9 Å². The number of piperazine rings is 1. The van der Waals surface area contributed by atoms with E-state index in [9.17, 15) is 8.42 Å². The molecule has 1 aliphatic heterocycles. The summed E-state index contributed by atoms with van der Waals surface area (Å²) in [6.07, 6.45) is 0. The molecule has 0 aromatic heterocycles. The number of hydrogen-bond acceptors (Lipinski definition) is 5. The Labute approximate surface area is 128 Å². The van der Waals surface area contributed by atoms with Crippen LogP contribution >= 0.6 is 23.2 Å². The molecule has 9 heteroatoms. The predicted octanol–water partition coefficient (Wildman–Crippen LogP) is 1.02. The van der Waals surface area contributed by atoms with Crippen LogP contribution in [-0.4, -0.2) is 51.6 Å². The van der Waals surface area contributed by atoms with E-state index in [2.05, 4.69) is 9.73 Å². The Balaban J connectivity index is 2.23. The fraction of sp³-hybridized carbons (Fsp3) is 0.455. The molecule has 0 atom stereocenters. The van der Waals surface area contributed by atoms with E-state index >= 15 is 0 Å². The molecule has 1 aromatic rings. The van der Waals surface area contributed by atoms with Crippen LogP contribution in [0.5, 0.6) is 0 Å². The predicted molar refractivity (Wildman–Crippen MR) is 80.3 cm³/mol. The average Bonchev–Trinajstić information content (AvgIpc) is 2.30. The number of nitrogens with one attached hydrogen (secondary N) is 1. The van der Waals surface area contributed by atoms with Crippen LogP contribution in [0.25, 0.3) is 0 Å². The Morgan fingerprint density at radius 2 is 1.65 bits per heavy atom. The zero-order chi connectivity index (χ0) is 14.9. The standard InChI is InChI=1S/C11H16Cl2N4O2S/c1-16-2-4-17(5-3-16)15-20(18,19)11-9(12)6-8(14)7-10(11)13/h6-7,15H,2-5,14H2,1H3. The molecule has 0 amide bonds. The minimum atomic E-state index is -3.82. The number of anilines is 1. The van der Waals surface area contributed by atoms with Crippen molar-refractivity contribution in [3.05, 3.63) is 22.2 Å². The van der Waals surface area contributed by atoms with Crippen molar-refractivity contribution in [3.63, 3.8) is 0 Å². The number of rotatable bonds is 3. The zero-order valence-electron chi connectivity index (χ0n) is 10.9. The molecule has 1 heterocycles. The topological polar surface area (TPSA) is 78.7 Å². The van der Waals surface area contributed by atoms with Crippen molar-refractivity contribution in [1.82, 2.24) is 14.7 Å². The monoisotopic (exact) mass is 338 g/mol. The van der Waals surface area contributed by atoms with E-state index in [1.807, 2.05) is 7.05 Å². The molecule has 1 fully saturated rings. The third-order valence-electron chi connectivity index (χ3n) is 3.04. The zero-order valence-corrected chi connectivity index (χ0v) is 13.3. The third kappa shape index (κ3) is 3.55. The summed E-state index contributed by atoms with van der Waals surface area (Å²) in [5, 5.41) is 1.66. The van der Waals surface area contributed by atoms with Gasteiger partial charge in [0.15, 0.2) is 0 Å². The molecule has 0 unspecified atom stereocenters. The fourth-order valence-corrected chi connectivity index (χ4v) is 4.31. The number of nitrogen functional groups attached to an aromatic ring is 1. The number of benzene rings is 1. The summed E-state index contributed by atoms with van der Waals surface area (Å²) < 4.78 is 24.7. The number of nitrogens with zero attached hydrogens (tertiary/aromatic N) is 2.